The predicted octanol–water partition coefficient (Wildman–Crippen LogP) is 2.07. The van der Waals surface area contributed by atoms with E-state index in [1.165, 1.54) is 25.7 Å². The lowest BCUT2D eigenvalue weighted by atomic mass is 9.92. The third kappa shape index (κ3) is 3.65. The molecular formula is C11H23NO. The van der Waals surface area contributed by atoms with Crippen molar-refractivity contribution < 1.29 is 5.11 Å². The van der Waals surface area contributed by atoms with Crippen molar-refractivity contribution in [2.24, 2.45) is 0 Å². The molecule has 0 amide bonds. The van der Waals surface area contributed by atoms with Crippen LogP contribution < -0.4 is 5.32 Å². The minimum Gasteiger partial charge on any atom is -0.392 e. The first-order valence-corrected chi connectivity index (χ1v) is 5.68. The molecule has 0 aliphatic heterocycles. The first-order chi connectivity index (χ1) is 6.24. The molecule has 0 spiro atoms. The van der Waals surface area contributed by atoms with Gasteiger partial charge in [0, 0.05) is 12.1 Å². The number of nitrogens with one attached hydrogen (secondary N) is 1. The number of hydrogen-bond donors (Lipinski definition) is 2. The van der Waals surface area contributed by atoms with Crippen LogP contribution in [0.25, 0.3) is 0 Å². The molecule has 1 saturated carbocycles. The topological polar surface area (TPSA) is 32.3 Å². The van der Waals surface area contributed by atoms with Gasteiger partial charge in [0.2, 0.25) is 0 Å². The summed E-state index contributed by atoms with van der Waals surface area (Å²) in [4.78, 5) is 0. The molecule has 0 saturated heterocycles. The van der Waals surface area contributed by atoms with E-state index in [1.807, 2.05) is 0 Å². The average molecular weight is 185 g/mol. The van der Waals surface area contributed by atoms with Crippen LogP contribution in [0.5, 0.6) is 0 Å². The van der Waals surface area contributed by atoms with Crippen molar-refractivity contribution in [3.63, 3.8) is 0 Å². The molecule has 0 aromatic carbocycles. The van der Waals surface area contributed by atoms with Gasteiger partial charge in [0.25, 0.3) is 0 Å². The largest absolute Gasteiger partial charge is 0.392 e. The summed E-state index contributed by atoms with van der Waals surface area (Å²) in [6, 6.07) is 0.915. The lowest BCUT2D eigenvalue weighted by molar-refractivity contribution is 0.0853. The van der Waals surface area contributed by atoms with E-state index in [2.05, 4.69) is 19.2 Å². The van der Waals surface area contributed by atoms with E-state index in [4.69, 9.17) is 0 Å². The minimum atomic E-state index is -0.104. The third-order valence-corrected chi connectivity index (χ3v) is 2.95. The van der Waals surface area contributed by atoms with E-state index in [0.29, 0.717) is 12.1 Å². The first-order valence-electron chi connectivity index (χ1n) is 5.68. The normalized spacial score (nSPS) is 31.6. The molecule has 0 bridgehead atoms. The van der Waals surface area contributed by atoms with E-state index in [-0.39, 0.29) is 6.10 Å². The lowest BCUT2D eigenvalue weighted by Gasteiger charge is -2.31. The van der Waals surface area contributed by atoms with Crippen LogP contribution in [0, 0.1) is 0 Å². The maximum Gasteiger partial charge on any atom is 0.0693 e. The first kappa shape index (κ1) is 11.0. The molecule has 2 N–H and O–H groups in total. The molecule has 0 heterocycles. The van der Waals surface area contributed by atoms with E-state index in [9.17, 15) is 5.11 Å². The Kier molecular flexibility index (Phi) is 4.74. The molecule has 1 aliphatic carbocycles. The van der Waals surface area contributed by atoms with Crippen LogP contribution in [0.4, 0.5) is 0 Å². The third-order valence-electron chi connectivity index (χ3n) is 2.95. The summed E-state index contributed by atoms with van der Waals surface area (Å²) in [6.45, 7) is 4.42. The van der Waals surface area contributed by atoms with Gasteiger partial charge in [-0.3, -0.25) is 0 Å². The van der Waals surface area contributed by atoms with Gasteiger partial charge in [0.15, 0.2) is 0 Å². The van der Waals surface area contributed by atoms with Gasteiger partial charge in [-0.2, -0.15) is 0 Å². The molecule has 3 atom stereocenters. The highest BCUT2D eigenvalue weighted by atomic mass is 16.3. The molecule has 1 fully saturated rings. The molecule has 0 aromatic rings. The molecule has 1 aliphatic rings. The number of aliphatic hydroxyl groups is 1. The van der Waals surface area contributed by atoms with Crippen LogP contribution in [0.3, 0.4) is 0 Å². The number of aliphatic hydroxyl groups excluding tert-OH is 1. The summed E-state index contributed by atoms with van der Waals surface area (Å²) in [5.41, 5.74) is 0. The molecule has 0 radical (unpaired) electrons. The fourth-order valence-corrected chi connectivity index (χ4v) is 2.19. The van der Waals surface area contributed by atoms with Crippen molar-refractivity contribution in [3.05, 3.63) is 0 Å². The Hall–Kier alpha value is -0.0800. The van der Waals surface area contributed by atoms with Crippen LogP contribution in [0.15, 0.2) is 0 Å². The molecule has 13 heavy (non-hydrogen) atoms. The van der Waals surface area contributed by atoms with Crippen molar-refractivity contribution in [2.45, 2.75) is 70.6 Å². The highest BCUT2D eigenvalue weighted by Gasteiger charge is 2.23. The lowest BCUT2D eigenvalue weighted by Crippen LogP contribution is -2.46. The Morgan fingerprint density at radius 2 is 2.08 bits per heavy atom. The average Bonchev–Trinajstić information content (AvgIpc) is 2.09. The summed E-state index contributed by atoms with van der Waals surface area (Å²) < 4.78 is 0. The molecule has 1 rings (SSSR count). The second-order valence-electron chi connectivity index (χ2n) is 4.31. The Morgan fingerprint density at radius 1 is 1.38 bits per heavy atom. The zero-order valence-electron chi connectivity index (χ0n) is 8.92. The van der Waals surface area contributed by atoms with Gasteiger partial charge in [0.05, 0.1) is 6.10 Å². The van der Waals surface area contributed by atoms with E-state index in [1.54, 1.807) is 0 Å². The smallest absolute Gasteiger partial charge is 0.0693 e. The summed E-state index contributed by atoms with van der Waals surface area (Å²) in [5.74, 6) is 0. The standard InChI is InChI=1S/C11H23NO/c1-3-6-9(2)12-10-7-4-5-8-11(10)13/h9-13H,3-8H2,1-2H3/t9-,10+,11+/m1/s1. The highest BCUT2D eigenvalue weighted by Crippen LogP contribution is 2.19. The van der Waals surface area contributed by atoms with Crippen molar-refractivity contribution >= 4 is 0 Å². The van der Waals surface area contributed by atoms with Gasteiger partial charge in [0.1, 0.15) is 0 Å². The molecule has 0 aromatic heterocycles. The van der Waals surface area contributed by atoms with Crippen LogP contribution in [0.2, 0.25) is 0 Å². The number of rotatable bonds is 4. The zero-order chi connectivity index (χ0) is 9.68. The van der Waals surface area contributed by atoms with Gasteiger partial charge < -0.3 is 10.4 Å². The van der Waals surface area contributed by atoms with Crippen molar-refractivity contribution in [1.29, 1.82) is 0 Å². The maximum absolute atomic E-state index is 9.72. The minimum absolute atomic E-state index is 0.104. The Bertz CT molecular complexity index is 138. The van der Waals surface area contributed by atoms with E-state index >= 15 is 0 Å². The Labute approximate surface area is 81.7 Å². The second-order valence-corrected chi connectivity index (χ2v) is 4.31. The monoisotopic (exact) mass is 185 g/mol. The fraction of sp³-hybridized carbons (Fsp3) is 1.00. The van der Waals surface area contributed by atoms with Crippen LogP contribution >= 0.6 is 0 Å². The van der Waals surface area contributed by atoms with Crippen molar-refractivity contribution in [1.82, 2.24) is 5.32 Å². The quantitative estimate of drug-likeness (QED) is 0.702. The summed E-state index contributed by atoms with van der Waals surface area (Å²) in [5, 5.41) is 13.2. The molecular weight excluding hydrogens is 162 g/mol. The maximum atomic E-state index is 9.72. The summed E-state index contributed by atoms with van der Waals surface area (Å²) in [6.07, 6.45) is 6.93. The highest BCUT2D eigenvalue weighted by molar-refractivity contribution is 4.82. The molecule has 2 nitrogen and oxygen atoms in total. The van der Waals surface area contributed by atoms with Gasteiger partial charge >= 0.3 is 0 Å². The van der Waals surface area contributed by atoms with E-state index in [0.717, 1.165) is 12.8 Å². The van der Waals surface area contributed by atoms with Crippen LogP contribution in [-0.4, -0.2) is 23.3 Å². The van der Waals surface area contributed by atoms with Crippen LogP contribution in [0.1, 0.15) is 52.4 Å². The summed E-state index contributed by atoms with van der Waals surface area (Å²) in [7, 11) is 0. The molecule has 2 heteroatoms. The fourth-order valence-electron chi connectivity index (χ4n) is 2.19. The van der Waals surface area contributed by atoms with Gasteiger partial charge in [-0.15, -0.1) is 0 Å². The predicted molar refractivity (Wildman–Crippen MR) is 55.8 cm³/mol. The number of hydrogen-bond acceptors (Lipinski definition) is 2. The Balaban J connectivity index is 2.25. The van der Waals surface area contributed by atoms with E-state index < -0.39 is 0 Å². The molecule has 0 unspecified atom stereocenters. The van der Waals surface area contributed by atoms with Crippen molar-refractivity contribution in [3.8, 4) is 0 Å². The van der Waals surface area contributed by atoms with Gasteiger partial charge in [-0.25, -0.2) is 0 Å². The second kappa shape index (κ2) is 5.61. The van der Waals surface area contributed by atoms with Crippen LogP contribution in [-0.2, 0) is 0 Å². The van der Waals surface area contributed by atoms with Gasteiger partial charge in [-0.05, 0) is 26.2 Å². The Morgan fingerprint density at radius 3 is 2.69 bits per heavy atom. The SMILES string of the molecule is CCC[C@@H](C)N[C@H]1CCCC[C@@H]1O. The molecule has 78 valence electrons. The van der Waals surface area contributed by atoms with Crippen molar-refractivity contribution in [2.75, 3.05) is 0 Å². The summed E-state index contributed by atoms with van der Waals surface area (Å²) >= 11 is 0. The zero-order valence-corrected chi connectivity index (χ0v) is 8.92. The van der Waals surface area contributed by atoms with Gasteiger partial charge in [-0.1, -0.05) is 26.2 Å².